The number of fused-ring (bicyclic) bond motifs is 2. The second-order valence-corrected chi connectivity index (χ2v) is 8.13. The molecule has 0 bridgehead atoms. The molecule has 0 unspecified atom stereocenters. The molecule has 0 saturated heterocycles. The van der Waals surface area contributed by atoms with Gasteiger partial charge >= 0.3 is 5.97 Å². The SMILES string of the molecule is Cc1cc(C)c(NC(=O)[C@@H](C)OC(=O)c2ccc3c(=O)n4c(nc3c2)CCC4)c(C)c1. The molecule has 1 aliphatic heterocycles. The number of carbonyl (C=O) groups is 2. The Morgan fingerprint density at radius 1 is 1.13 bits per heavy atom. The van der Waals surface area contributed by atoms with Crippen molar-refractivity contribution in [1.29, 1.82) is 0 Å². The molecule has 7 nitrogen and oxygen atoms in total. The molecule has 0 aliphatic carbocycles. The number of ether oxygens (including phenoxy) is 1. The summed E-state index contributed by atoms with van der Waals surface area (Å²) in [5.41, 5.74) is 4.37. The number of rotatable bonds is 4. The Morgan fingerprint density at radius 2 is 1.84 bits per heavy atom. The first kappa shape index (κ1) is 20.8. The number of carbonyl (C=O) groups excluding carboxylic acids is 2. The molecule has 0 saturated carbocycles. The van der Waals surface area contributed by atoms with Crippen molar-refractivity contribution >= 4 is 28.5 Å². The van der Waals surface area contributed by atoms with Crippen LogP contribution in [0.2, 0.25) is 0 Å². The van der Waals surface area contributed by atoms with Gasteiger partial charge in [-0.2, -0.15) is 0 Å². The van der Waals surface area contributed by atoms with Gasteiger partial charge < -0.3 is 10.1 Å². The third-order valence-electron chi connectivity index (χ3n) is 5.63. The molecule has 1 aromatic heterocycles. The molecule has 1 amide bonds. The third-order valence-corrected chi connectivity index (χ3v) is 5.63. The van der Waals surface area contributed by atoms with Gasteiger partial charge in [-0.15, -0.1) is 0 Å². The number of hydrogen-bond donors (Lipinski definition) is 1. The maximum atomic E-state index is 12.6. The Labute approximate surface area is 180 Å². The second-order valence-electron chi connectivity index (χ2n) is 8.13. The highest BCUT2D eigenvalue weighted by Gasteiger charge is 2.22. The number of aromatic nitrogens is 2. The van der Waals surface area contributed by atoms with E-state index in [-0.39, 0.29) is 11.1 Å². The van der Waals surface area contributed by atoms with E-state index in [2.05, 4.69) is 10.3 Å². The van der Waals surface area contributed by atoms with Crippen LogP contribution in [0.5, 0.6) is 0 Å². The van der Waals surface area contributed by atoms with E-state index in [1.54, 1.807) is 16.7 Å². The Balaban J connectivity index is 1.51. The largest absolute Gasteiger partial charge is 0.449 e. The molecule has 1 aliphatic rings. The van der Waals surface area contributed by atoms with E-state index in [1.807, 2.05) is 32.9 Å². The van der Waals surface area contributed by atoms with Crippen molar-refractivity contribution < 1.29 is 14.3 Å². The molecule has 1 atom stereocenters. The lowest BCUT2D eigenvalue weighted by atomic mass is 10.0. The molecule has 31 heavy (non-hydrogen) atoms. The summed E-state index contributed by atoms with van der Waals surface area (Å²) in [7, 11) is 0. The molecule has 2 aromatic carbocycles. The van der Waals surface area contributed by atoms with Crippen LogP contribution in [0.1, 0.15) is 46.2 Å². The topological polar surface area (TPSA) is 90.3 Å². The fourth-order valence-corrected chi connectivity index (χ4v) is 4.09. The van der Waals surface area contributed by atoms with Gasteiger partial charge in [0.15, 0.2) is 6.10 Å². The van der Waals surface area contributed by atoms with Crippen molar-refractivity contribution in [2.24, 2.45) is 0 Å². The highest BCUT2D eigenvalue weighted by atomic mass is 16.5. The van der Waals surface area contributed by atoms with Crippen molar-refractivity contribution in [3.63, 3.8) is 0 Å². The lowest BCUT2D eigenvalue weighted by Gasteiger charge is -2.17. The maximum absolute atomic E-state index is 12.6. The average Bonchev–Trinajstić information content (AvgIpc) is 3.19. The summed E-state index contributed by atoms with van der Waals surface area (Å²) in [6.07, 6.45) is 0.650. The van der Waals surface area contributed by atoms with Gasteiger partial charge in [0, 0.05) is 18.7 Å². The first-order valence-electron chi connectivity index (χ1n) is 10.4. The predicted molar refractivity (Wildman–Crippen MR) is 118 cm³/mol. The van der Waals surface area contributed by atoms with Crippen molar-refractivity contribution in [2.45, 2.75) is 53.2 Å². The summed E-state index contributed by atoms with van der Waals surface area (Å²) in [5.74, 6) is -0.303. The van der Waals surface area contributed by atoms with E-state index in [0.29, 0.717) is 17.4 Å². The Bertz CT molecular complexity index is 1250. The first-order valence-corrected chi connectivity index (χ1v) is 10.4. The fourth-order valence-electron chi connectivity index (χ4n) is 4.09. The van der Waals surface area contributed by atoms with E-state index in [1.165, 1.54) is 13.0 Å². The van der Waals surface area contributed by atoms with Crippen molar-refractivity contribution in [1.82, 2.24) is 9.55 Å². The second kappa shape index (κ2) is 7.98. The van der Waals surface area contributed by atoms with E-state index < -0.39 is 18.0 Å². The Morgan fingerprint density at radius 3 is 2.55 bits per heavy atom. The summed E-state index contributed by atoms with van der Waals surface area (Å²) >= 11 is 0. The zero-order valence-electron chi connectivity index (χ0n) is 18.1. The number of benzene rings is 2. The number of anilines is 1. The molecular formula is C24H25N3O4. The van der Waals surface area contributed by atoms with E-state index in [0.717, 1.165) is 41.0 Å². The molecule has 4 rings (SSSR count). The normalized spacial score (nSPS) is 13.7. The molecule has 2 heterocycles. The van der Waals surface area contributed by atoms with Crippen LogP contribution in [0.4, 0.5) is 5.69 Å². The number of aryl methyl sites for hydroxylation is 4. The monoisotopic (exact) mass is 419 g/mol. The van der Waals surface area contributed by atoms with Crippen LogP contribution in [0.25, 0.3) is 10.9 Å². The minimum atomic E-state index is -0.984. The summed E-state index contributed by atoms with van der Waals surface area (Å²) in [4.78, 5) is 42.4. The number of esters is 1. The van der Waals surface area contributed by atoms with Crippen LogP contribution in [-0.2, 0) is 22.5 Å². The lowest BCUT2D eigenvalue weighted by molar-refractivity contribution is -0.123. The van der Waals surface area contributed by atoms with Gasteiger partial charge in [0.1, 0.15) is 5.82 Å². The van der Waals surface area contributed by atoms with Gasteiger partial charge in [-0.1, -0.05) is 17.7 Å². The van der Waals surface area contributed by atoms with Crippen molar-refractivity contribution in [3.05, 3.63) is 68.8 Å². The molecule has 0 radical (unpaired) electrons. The van der Waals surface area contributed by atoms with Crippen LogP contribution in [0, 0.1) is 20.8 Å². The Hall–Kier alpha value is -3.48. The van der Waals surface area contributed by atoms with Crippen LogP contribution in [-0.4, -0.2) is 27.5 Å². The van der Waals surface area contributed by atoms with Crippen LogP contribution in [0.15, 0.2) is 35.1 Å². The standard InChI is InChI=1S/C24H25N3O4/c1-13-10-14(2)21(15(3)11-13)26-22(28)16(4)31-24(30)17-7-8-18-19(12-17)25-20-6-5-9-27(20)23(18)29/h7-8,10-12,16H,5-6,9H2,1-4H3,(H,26,28)/t16-/m1/s1. The zero-order valence-corrected chi connectivity index (χ0v) is 18.1. The molecule has 0 spiro atoms. The fraction of sp³-hybridized carbons (Fsp3) is 0.333. The first-order chi connectivity index (χ1) is 14.7. The number of hydrogen-bond acceptors (Lipinski definition) is 5. The Kier molecular flexibility index (Phi) is 5.35. The van der Waals surface area contributed by atoms with Crippen LogP contribution in [0.3, 0.4) is 0 Å². The minimum absolute atomic E-state index is 0.0889. The van der Waals surface area contributed by atoms with Crippen LogP contribution < -0.4 is 10.9 Å². The smallest absolute Gasteiger partial charge is 0.338 e. The molecule has 160 valence electrons. The van der Waals surface area contributed by atoms with Gasteiger partial charge in [0.25, 0.3) is 11.5 Å². The number of nitrogens with one attached hydrogen (secondary N) is 1. The molecule has 1 N–H and O–H groups in total. The average molecular weight is 419 g/mol. The van der Waals surface area contributed by atoms with E-state index in [9.17, 15) is 14.4 Å². The quantitative estimate of drug-likeness (QED) is 0.654. The summed E-state index contributed by atoms with van der Waals surface area (Å²) in [6.45, 7) is 8.05. The van der Waals surface area contributed by atoms with Gasteiger partial charge in [-0.25, -0.2) is 9.78 Å². The number of nitrogens with zero attached hydrogens (tertiary/aromatic N) is 2. The molecule has 7 heteroatoms. The lowest BCUT2D eigenvalue weighted by Crippen LogP contribution is -2.30. The summed E-state index contributed by atoms with van der Waals surface area (Å²) in [5, 5.41) is 3.33. The number of amides is 1. The van der Waals surface area contributed by atoms with Gasteiger partial charge in [0.2, 0.25) is 0 Å². The van der Waals surface area contributed by atoms with Crippen molar-refractivity contribution in [3.8, 4) is 0 Å². The van der Waals surface area contributed by atoms with Gasteiger partial charge in [-0.3, -0.25) is 14.2 Å². The van der Waals surface area contributed by atoms with E-state index in [4.69, 9.17) is 4.74 Å². The molecular weight excluding hydrogens is 394 g/mol. The highest BCUT2D eigenvalue weighted by Crippen LogP contribution is 2.22. The highest BCUT2D eigenvalue weighted by molar-refractivity contribution is 5.99. The zero-order chi connectivity index (χ0) is 22.3. The van der Waals surface area contributed by atoms with Gasteiger partial charge in [0.05, 0.1) is 16.5 Å². The predicted octanol–water partition coefficient (Wildman–Crippen LogP) is 3.45. The van der Waals surface area contributed by atoms with Crippen molar-refractivity contribution in [2.75, 3.05) is 5.32 Å². The molecule has 0 fully saturated rings. The summed E-state index contributed by atoms with van der Waals surface area (Å²) < 4.78 is 7.07. The molecule has 3 aromatic rings. The maximum Gasteiger partial charge on any atom is 0.338 e. The van der Waals surface area contributed by atoms with Crippen LogP contribution >= 0.6 is 0 Å². The van der Waals surface area contributed by atoms with Gasteiger partial charge in [-0.05, 0) is 63.4 Å². The van der Waals surface area contributed by atoms with E-state index >= 15 is 0 Å². The third kappa shape index (κ3) is 3.95. The minimum Gasteiger partial charge on any atom is -0.449 e. The summed E-state index contributed by atoms with van der Waals surface area (Å²) in [6, 6.07) is 8.66.